The maximum atomic E-state index is 12.7. The Morgan fingerprint density at radius 1 is 1.03 bits per heavy atom. The van der Waals surface area contributed by atoms with Gasteiger partial charge in [-0.1, -0.05) is 54.2 Å². The van der Waals surface area contributed by atoms with Gasteiger partial charge >= 0.3 is 0 Å². The van der Waals surface area contributed by atoms with Crippen LogP contribution < -0.4 is 10.6 Å². The van der Waals surface area contributed by atoms with Crippen molar-refractivity contribution in [1.82, 2.24) is 25.1 Å². The van der Waals surface area contributed by atoms with Gasteiger partial charge in [0.1, 0.15) is 11.4 Å². The molecule has 0 bridgehead atoms. The number of para-hydroxylation sites is 1. The van der Waals surface area contributed by atoms with Gasteiger partial charge in [0.15, 0.2) is 5.65 Å². The maximum Gasteiger partial charge on any atom is 0.253 e. The molecule has 0 atom stereocenters. The van der Waals surface area contributed by atoms with E-state index in [4.69, 9.17) is 0 Å². The van der Waals surface area contributed by atoms with Crippen LogP contribution in [0.4, 0.5) is 5.69 Å². The molecule has 0 aliphatic carbocycles. The van der Waals surface area contributed by atoms with Crippen LogP contribution in [0.1, 0.15) is 15.9 Å². The molecule has 0 fully saturated rings. The summed E-state index contributed by atoms with van der Waals surface area (Å²) in [6.07, 6.45) is 3.14. The van der Waals surface area contributed by atoms with Gasteiger partial charge in [0, 0.05) is 13.6 Å². The lowest BCUT2D eigenvalue weighted by Crippen LogP contribution is -2.25. The first kappa shape index (κ1) is 20.5. The van der Waals surface area contributed by atoms with Gasteiger partial charge in [-0.2, -0.15) is 5.10 Å². The Hall–Kier alpha value is -3.72. The molecule has 0 aliphatic heterocycles. The maximum absolute atomic E-state index is 12.7. The number of nitrogens with zero attached hydrogens (tertiary/aromatic N) is 4. The Bertz CT molecular complexity index is 1230. The number of thioether (sulfide) groups is 1. The average Bonchev–Trinajstić information content (AvgIpc) is 3.18. The quantitative estimate of drug-likeness (QED) is 0.344. The SMILES string of the molecule is Cn1ncc2c(SCC(=O)Nc3ccccc3C(=O)NCc3ccccc3)ncnc21. The van der Waals surface area contributed by atoms with E-state index in [9.17, 15) is 9.59 Å². The molecule has 0 radical (unpaired) electrons. The van der Waals surface area contributed by atoms with E-state index in [1.54, 1.807) is 42.2 Å². The van der Waals surface area contributed by atoms with Gasteiger partial charge in [0.05, 0.1) is 28.6 Å². The van der Waals surface area contributed by atoms with Crippen molar-refractivity contribution in [3.63, 3.8) is 0 Å². The van der Waals surface area contributed by atoms with Crippen molar-refractivity contribution < 1.29 is 9.59 Å². The van der Waals surface area contributed by atoms with E-state index < -0.39 is 0 Å². The third kappa shape index (κ3) is 4.89. The third-order valence-corrected chi connectivity index (χ3v) is 5.58. The highest BCUT2D eigenvalue weighted by molar-refractivity contribution is 8.00. The highest BCUT2D eigenvalue weighted by atomic mass is 32.2. The zero-order valence-electron chi connectivity index (χ0n) is 16.8. The molecule has 2 aromatic carbocycles. The monoisotopic (exact) mass is 432 g/mol. The van der Waals surface area contributed by atoms with Gasteiger partial charge in [0.25, 0.3) is 5.91 Å². The number of hydrogen-bond acceptors (Lipinski definition) is 6. The normalized spacial score (nSPS) is 10.7. The van der Waals surface area contributed by atoms with Crippen LogP contribution in [-0.4, -0.2) is 37.3 Å². The molecular weight excluding hydrogens is 412 g/mol. The van der Waals surface area contributed by atoms with Crippen LogP contribution in [-0.2, 0) is 18.4 Å². The number of aromatic nitrogens is 4. The lowest BCUT2D eigenvalue weighted by molar-refractivity contribution is -0.113. The van der Waals surface area contributed by atoms with Crippen molar-refractivity contribution in [3.8, 4) is 0 Å². The summed E-state index contributed by atoms with van der Waals surface area (Å²) in [6, 6.07) is 16.6. The summed E-state index contributed by atoms with van der Waals surface area (Å²) in [5.41, 5.74) is 2.58. The highest BCUT2D eigenvalue weighted by Gasteiger charge is 2.15. The largest absolute Gasteiger partial charge is 0.348 e. The molecule has 2 aromatic heterocycles. The van der Waals surface area contributed by atoms with E-state index in [0.717, 1.165) is 10.9 Å². The molecule has 2 amide bonds. The van der Waals surface area contributed by atoms with Crippen LogP contribution in [0.15, 0.2) is 72.1 Å². The Balaban J connectivity index is 1.39. The summed E-state index contributed by atoms with van der Waals surface area (Å²) in [5.74, 6) is -0.342. The van der Waals surface area contributed by atoms with Crippen molar-refractivity contribution in [1.29, 1.82) is 0 Å². The molecule has 0 saturated carbocycles. The lowest BCUT2D eigenvalue weighted by atomic mass is 10.1. The molecule has 2 N–H and O–H groups in total. The van der Waals surface area contributed by atoms with Crippen LogP contribution in [0, 0.1) is 0 Å². The zero-order valence-corrected chi connectivity index (χ0v) is 17.6. The molecule has 9 heteroatoms. The second-order valence-corrected chi connectivity index (χ2v) is 7.70. The van der Waals surface area contributed by atoms with Gasteiger partial charge in [-0.3, -0.25) is 14.3 Å². The number of anilines is 1. The summed E-state index contributed by atoms with van der Waals surface area (Å²) < 4.78 is 1.66. The molecule has 31 heavy (non-hydrogen) atoms. The molecule has 0 unspecified atom stereocenters. The molecule has 0 saturated heterocycles. The summed E-state index contributed by atoms with van der Waals surface area (Å²) >= 11 is 1.30. The van der Waals surface area contributed by atoms with E-state index in [1.807, 2.05) is 30.3 Å². The van der Waals surface area contributed by atoms with E-state index >= 15 is 0 Å². The fourth-order valence-corrected chi connectivity index (χ4v) is 3.80. The first-order chi connectivity index (χ1) is 15.1. The predicted octanol–water partition coefficient (Wildman–Crippen LogP) is 3.02. The summed E-state index contributed by atoms with van der Waals surface area (Å²) in [4.78, 5) is 33.7. The number of amides is 2. The molecule has 156 valence electrons. The van der Waals surface area contributed by atoms with Gasteiger partial charge < -0.3 is 10.6 Å². The minimum Gasteiger partial charge on any atom is -0.348 e. The average molecular weight is 433 g/mol. The van der Waals surface area contributed by atoms with Crippen molar-refractivity contribution >= 4 is 40.3 Å². The fourth-order valence-electron chi connectivity index (χ4n) is 3.04. The number of benzene rings is 2. The van der Waals surface area contributed by atoms with E-state index in [0.29, 0.717) is 28.5 Å². The first-order valence-electron chi connectivity index (χ1n) is 9.58. The first-order valence-corrected chi connectivity index (χ1v) is 10.6. The number of carbonyl (C=O) groups excluding carboxylic acids is 2. The van der Waals surface area contributed by atoms with Crippen molar-refractivity contribution in [2.24, 2.45) is 7.05 Å². The third-order valence-electron chi connectivity index (χ3n) is 4.57. The van der Waals surface area contributed by atoms with E-state index in [2.05, 4.69) is 25.7 Å². The number of carbonyl (C=O) groups is 2. The highest BCUT2D eigenvalue weighted by Crippen LogP contribution is 2.24. The number of rotatable bonds is 7. The molecule has 2 heterocycles. The zero-order chi connectivity index (χ0) is 21.6. The number of nitrogens with one attached hydrogen (secondary N) is 2. The van der Waals surface area contributed by atoms with Crippen molar-refractivity contribution in [2.45, 2.75) is 11.6 Å². The Morgan fingerprint density at radius 2 is 1.81 bits per heavy atom. The standard InChI is InChI=1S/C22H20N6O2S/c1-28-20-17(12-26-28)22(25-14-24-20)31-13-19(29)27-18-10-6-5-9-16(18)21(30)23-11-15-7-3-2-4-8-15/h2-10,12,14H,11,13H2,1H3,(H,23,30)(H,27,29). The van der Waals surface area contributed by atoms with Gasteiger partial charge in [-0.25, -0.2) is 9.97 Å². The van der Waals surface area contributed by atoms with Crippen LogP contribution in [0.2, 0.25) is 0 Å². The summed E-state index contributed by atoms with van der Waals surface area (Å²) in [5, 5.41) is 11.4. The van der Waals surface area contributed by atoms with Crippen LogP contribution in [0.3, 0.4) is 0 Å². The van der Waals surface area contributed by atoms with E-state index in [-0.39, 0.29) is 17.6 Å². The fraction of sp³-hybridized carbons (Fsp3) is 0.136. The molecule has 0 spiro atoms. The van der Waals surface area contributed by atoms with Crippen molar-refractivity contribution in [3.05, 3.63) is 78.2 Å². The van der Waals surface area contributed by atoms with Crippen LogP contribution >= 0.6 is 11.8 Å². The van der Waals surface area contributed by atoms with Gasteiger partial charge in [0.2, 0.25) is 5.91 Å². The molecule has 4 rings (SSSR count). The number of hydrogen-bond donors (Lipinski definition) is 2. The summed E-state index contributed by atoms with van der Waals surface area (Å²) in [7, 11) is 1.80. The lowest BCUT2D eigenvalue weighted by Gasteiger charge is -2.11. The topological polar surface area (TPSA) is 102 Å². The minimum absolute atomic E-state index is 0.140. The number of aryl methyl sites for hydroxylation is 1. The van der Waals surface area contributed by atoms with Gasteiger partial charge in [-0.05, 0) is 17.7 Å². The van der Waals surface area contributed by atoms with Gasteiger partial charge in [-0.15, -0.1) is 0 Å². The Kier molecular flexibility index (Phi) is 6.23. The van der Waals surface area contributed by atoms with Crippen molar-refractivity contribution in [2.75, 3.05) is 11.1 Å². The van der Waals surface area contributed by atoms with Crippen LogP contribution in [0.25, 0.3) is 11.0 Å². The van der Waals surface area contributed by atoms with E-state index in [1.165, 1.54) is 18.1 Å². The Morgan fingerprint density at radius 3 is 2.65 bits per heavy atom. The summed E-state index contributed by atoms with van der Waals surface area (Å²) in [6.45, 7) is 0.409. The predicted molar refractivity (Wildman–Crippen MR) is 120 cm³/mol. The molecule has 0 aliphatic rings. The molecule has 4 aromatic rings. The smallest absolute Gasteiger partial charge is 0.253 e. The molecular formula is C22H20N6O2S. The second kappa shape index (κ2) is 9.40. The van der Waals surface area contributed by atoms with Crippen LogP contribution in [0.5, 0.6) is 0 Å². The number of fused-ring (bicyclic) bond motifs is 1. The Labute approximate surface area is 183 Å². The second-order valence-electron chi connectivity index (χ2n) is 6.73. The molecule has 8 nitrogen and oxygen atoms in total. The minimum atomic E-state index is -0.250.